The van der Waals surface area contributed by atoms with E-state index in [-0.39, 0.29) is 30.9 Å². The largest absolute Gasteiger partial charge is 0.490 e. The Morgan fingerprint density at radius 1 is 1.60 bits per heavy atom. The van der Waals surface area contributed by atoms with Crippen molar-refractivity contribution in [3.63, 3.8) is 0 Å². The lowest BCUT2D eigenvalue weighted by molar-refractivity contribution is -0.385. The van der Waals surface area contributed by atoms with E-state index in [1.165, 1.54) is 24.1 Å². The molecule has 0 radical (unpaired) electrons. The Balaban J connectivity index is 3.07. The number of carboxylic acids is 1. The van der Waals surface area contributed by atoms with Crippen molar-refractivity contribution >= 4 is 17.3 Å². The number of nitrogens with zero attached hydrogens (tertiary/aromatic N) is 3. The Morgan fingerprint density at radius 2 is 2.30 bits per heavy atom. The van der Waals surface area contributed by atoms with Crippen molar-refractivity contribution in [2.45, 2.75) is 6.42 Å². The number of hydrogen-bond donors (Lipinski definition) is 1. The fourth-order valence-electron chi connectivity index (χ4n) is 1.63. The molecule has 8 heteroatoms. The van der Waals surface area contributed by atoms with Gasteiger partial charge in [-0.2, -0.15) is 5.26 Å². The van der Waals surface area contributed by atoms with E-state index in [4.69, 9.17) is 15.1 Å². The van der Waals surface area contributed by atoms with Crippen LogP contribution in [0.4, 0.5) is 11.4 Å². The van der Waals surface area contributed by atoms with Crippen molar-refractivity contribution in [2.24, 2.45) is 0 Å². The zero-order valence-corrected chi connectivity index (χ0v) is 10.8. The van der Waals surface area contributed by atoms with Gasteiger partial charge in [-0.3, -0.25) is 14.9 Å². The third-order valence-corrected chi connectivity index (χ3v) is 2.58. The van der Waals surface area contributed by atoms with Gasteiger partial charge in [0.15, 0.2) is 5.75 Å². The van der Waals surface area contributed by atoms with E-state index < -0.39 is 10.9 Å². The van der Waals surface area contributed by atoms with E-state index in [2.05, 4.69) is 0 Å². The van der Waals surface area contributed by atoms with Crippen LogP contribution in [0.25, 0.3) is 0 Å². The van der Waals surface area contributed by atoms with Gasteiger partial charge < -0.3 is 14.7 Å². The number of carboxylic acid groups (broad SMARTS) is 1. The van der Waals surface area contributed by atoms with E-state index in [1.807, 2.05) is 6.07 Å². The van der Waals surface area contributed by atoms with Crippen LogP contribution in [0, 0.1) is 21.4 Å². The maximum atomic E-state index is 10.9. The molecule has 0 unspecified atom stereocenters. The van der Waals surface area contributed by atoms with Crippen molar-refractivity contribution in [3.05, 3.63) is 28.3 Å². The maximum Gasteiger partial charge on any atom is 0.312 e. The Labute approximate surface area is 114 Å². The first kappa shape index (κ1) is 15.2. The van der Waals surface area contributed by atoms with Crippen LogP contribution in [0.3, 0.4) is 0 Å². The van der Waals surface area contributed by atoms with Gasteiger partial charge in [-0.05, 0) is 12.1 Å². The summed E-state index contributed by atoms with van der Waals surface area (Å²) in [6.07, 6.45) is -0.165. The number of rotatable bonds is 7. The molecule has 0 fully saturated rings. The summed E-state index contributed by atoms with van der Waals surface area (Å²) in [4.78, 5) is 22.4. The van der Waals surface area contributed by atoms with E-state index >= 15 is 0 Å². The molecule has 1 rings (SSSR count). The number of aliphatic carboxylic acids is 1. The second kappa shape index (κ2) is 6.94. The minimum Gasteiger partial charge on any atom is -0.490 e. The summed E-state index contributed by atoms with van der Waals surface area (Å²) in [5.41, 5.74) is 0.170. The monoisotopic (exact) mass is 279 g/mol. The summed E-state index contributed by atoms with van der Waals surface area (Å²) >= 11 is 0. The minimum atomic E-state index is -1.00. The predicted octanol–water partition coefficient (Wildman–Crippen LogP) is 1.41. The molecule has 0 aliphatic carbocycles. The summed E-state index contributed by atoms with van der Waals surface area (Å²) in [6, 6.07) is 6.12. The molecular weight excluding hydrogens is 266 g/mol. The van der Waals surface area contributed by atoms with Crippen LogP contribution in [0.1, 0.15) is 6.42 Å². The fraction of sp³-hybridized carbons (Fsp3) is 0.333. The van der Waals surface area contributed by atoms with Gasteiger partial charge in [0.1, 0.15) is 6.54 Å². The molecule has 0 saturated carbocycles. The van der Waals surface area contributed by atoms with Crippen LogP contribution in [-0.4, -0.2) is 36.2 Å². The molecule has 106 valence electrons. The van der Waals surface area contributed by atoms with E-state index in [9.17, 15) is 14.9 Å². The molecule has 0 atom stereocenters. The van der Waals surface area contributed by atoms with Gasteiger partial charge in [0.25, 0.3) is 0 Å². The molecule has 1 aromatic carbocycles. The van der Waals surface area contributed by atoms with Crippen molar-refractivity contribution in [2.75, 3.05) is 25.1 Å². The van der Waals surface area contributed by atoms with Crippen molar-refractivity contribution in [1.29, 1.82) is 5.26 Å². The van der Waals surface area contributed by atoms with Gasteiger partial charge in [-0.15, -0.1) is 0 Å². The highest BCUT2D eigenvalue weighted by molar-refractivity contribution is 5.68. The molecule has 20 heavy (non-hydrogen) atoms. The first-order valence-electron chi connectivity index (χ1n) is 5.65. The zero-order chi connectivity index (χ0) is 15.1. The van der Waals surface area contributed by atoms with E-state index in [1.54, 1.807) is 6.07 Å². The summed E-state index contributed by atoms with van der Waals surface area (Å²) in [5.74, 6) is -0.898. The number of nitriles is 1. The lowest BCUT2D eigenvalue weighted by Crippen LogP contribution is -2.26. The maximum absolute atomic E-state index is 10.9. The predicted molar refractivity (Wildman–Crippen MR) is 69.7 cm³/mol. The first-order valence-corrected chi connectivity index (χ1v) is 5.65. The molecule has 1 N–H and O–H groups in total. The third kappa shape index (κ3) is 3.84. The molecule has 8 nitrogen and oxygen atoms in total. The number of nitro groups is 1. The standard InChI is InChI=1S/C12H13N3O5/c1-20-11-3-2-9(8-10(11)15(18)19)14(7-5-13)6-4-12(16)17/h2-3,8H,4,6-7H2,1H3,(H,16,17). The molecular formula is C12H13N3O5. The smallest absolute Gasteiger partial charge is 0.312 e. The third-order valence-electron chi connectivity index (χ3n) is 2.58. The highest BCUT2D eigenvalue weighted by atomic mass is 16.6. The quantitative estimate of drug-likeness (QED) is 0.455. The second-order valence-corrected chi connectivity index (χ2v) is 3.84. The Morgan fingerprint density at radius 3 is 2.80 bits per heavy atom. The summed E-state index contributed by atoms with van der Waals surface area (Å²) in [7, 11) is 1.32. The SMILES string of the molecule is COc1ccc(N(CC#N)CCC(=O)O)cc1[N+](=O)[O-]. The van der Waals surface area contributed by atoms with E-state index in [0.717, 1.165) is 0 Å². The number of benzene rings is 1. The highest BCUT2D eigenvalue weighted by Gasteiger charge is 2.18. The number of hydrogen-bond acceptors (Lipinski definition) is 6. The normalized spacial score (nSPS) is 9.60. The van der Waals surface area contributed by atoms with Crippen molar-refractivity contribution < 1.29 is 19.6 Å². The zero-order valence-electron chi connectivity index (χ0n) is 10.8. The van der Waals surface area contributed by atoms with Crippen LogP contribution in [0.5, 0.6) is 5.75 Å². The lowest BCUT2D eigenvalue weighted by Gasteiger charge is -2.20. The highest BCUT2D eigenvalue weighted by Crippen LogP contribution is 2.31. The van der Waals surface area contributed by atoms with Crippen molar-refractivity contribution in [3.8, 4) is 11.8 Å². The van der Waals surface area contributed by atoms with Gasteiger partial charge in [-0.25, -0.2) is 0 Å². The topological polar surface area (TPSA) is 117 Å². The lowest BCUT2D eigenvalue weighted by atomic mass is 10.2. The van der Waals surface area contributed by atoms with Gasteiger partial charge in [0.05, 0.1) is 24.5 Å². The summed E-state index contributed by atoms with van der Waals surface area (Å²) < 4.78 is 4.88. The van der Waals surface area contributed by atoms with Gasteiger partial charge in [-0.1, -0.05) is 0 Å². The molecule has 0 heterocycles. The fourth-order valence-corrected chi connectivity index (χ4v) is 1.63. The number of nitro benzene ring substituents is 1. The van der Waals surface area contributed by atoms with E-state index in [0.29, 0.717) is 5.69 Å². The Kier molecular flexibility index (Phi) is 5.29. The molecule has 0 amide bonds. The first-order chi connectivity index (χ1) is 9.49. The van der Waals surface area contributed by atoms with Gasteiger partial charge in [0, 0.05) is 18.3 Å². The molecule has 1 aromatic rings. The molecule has 0 aliphatic rings. The Hall–Kier alpha value is -2.82. The number of anilines is 1. The summed E-state index contributed by atoms with van der Waals surface area (Å²) in [5, 5.41) is 28.3. The average Bonchev–Trinajstić information content (AvgIpc) is 2.42. The summed E-state index contributed by atoms with van der Waals surface area (Å²) in [6.45, 7) is 0.0309. The number of carbonyl (C=O) groups is 1. The van der Waals surface area contributed by atoms with Crippen LogP contribution in [0.2, 0.25) is 0 Å². The molecule has 0 aromatic heterocycles. The molecule has 0 aliphatic heterocycles. The number of methoxy groups -OCH3 is 1. The van der Waals surface area contributed by atoms with Gasteiger partial charge >= 0.3 is 11.7 Å². The van der Waals surface area contributed by atoms with Gasteiger partial charge in [0.2, 0.25) is 0 Å². The van der Waals surface area contributed by atoms with Crippen molar-refractivity contribution in [1.82, 2.24) is 0 Å². The van der Waals surface area contributed by atoms with Crippen LogP contribution in [-0.2, 0) is 4.79 Å². The molecule has 0 saturated heterocycles. The number of ether oxygens (including phenoxy) is 1. The Bertz CT molecular complexity index is 553. The van der Waals surface area contributed by atoms with Crippen LogP contribution < -0.4 is 9.64 Å². The average molecular weight is 279 g/mol. The molecule has 0 spiro atoms. The minimum absolute atomic E-state index is 0.0588. The molecule has 0 bridgehead atoms. The van der Waals surface area contributed by atoms with Crippen LogP contribution in [0.15, 0.2) is 18.2 Å². The second-order valence-electron chi connectivity index (χ2n) is 3.84. The van der Waals surface area contributed by atoms with Crippen LogP contribution >= 0.6 is 0 Å².